The number of rotatable bonds is 6. The van der Waals surface area contributed by atoms with Gasteiger partial charge < -0.3 is 10.6 Å². The summed E-state index contributed by atoms with van der Waals surface area (Å²) >= 11 is 4.98. The predicted octanol–water partition coefficient (Wildman–Crippen LogP) is 2.29. The molecule has 4 N–H and O–H groups in total. The molecule has 29 heavy (non-hydrogen) atoms. The molecule has 0 aromatic heterocycles. The summed E-state index contributed by atoms with van der Waals surface area (Å²) in [6.07, 6.45) is 0.174. The van der Waals surface area contributed by atoms with Crippen molar-refractivity contribution in [3.63, 3.8) is 0 Å². The Balaban J connectivity index is 1.67. The van der Waals surface area contributed by atoms with Crippen LogP contribution in [0.1, 0.15) is 29.5 Å². The highest BCUT2D eigenvalue weighted by molar-refractivity contribution is 7.80. The maximum absolute atomic E-state index is 12.0. The van der Waals surface area contributed by atoms with E-state index >= 15 is 0 Å². The van der Waals surface area contributed by atoms with Crippen molar-refractivity contribution < 1.29 is 14.4 Å². The Kier molecular flexibility index (Phi) is 8.29. The maximum atomic E-state index is 12.0. The van der Waals surface area contributed by atoms with Gasteiger partial charge in [0.1, 0.15) is 0 Å². The minimum atomic E-state index is -0.416. The molecule has 0 radical (unpaired) electrons. The van der Waals surface area contributed by atoms with Gasteiger partial charge in [-0.3, -0.25) is 25.2 Å². The van der Waals surface area contributed by atoms with Gasteiger partial charge >= 0.3 is 0 Å². The van der Waals surface area contributed by atoms with Crippen LogP contribution in [0.4, 0.5) is 5.69 Å². The molecular formula is C21H24N4O3S. The molecule has 152 valence electrons. The van der Waals surface area contributed by atoms with Crippen LogP contribution in [0.15, 0.2) is 48.5 Å². The van der Waals surface area contributed by atoms with Crippen LogP contribution in [0.2, 0.25) is 0 Å². The van der Waals surface area contributed by atoms with Crippen molar-refractivity contribution in [2.75, 3.05) is 5.32 Å². The lowest BCUT2D eigenvalue weighted by atomic mass is 10.1. The van der Waals surface area contributed by atoms with Gasteiger partial charge in [0.05, 0.1) is 6.42 Å². The number of aryl methyl sites for hydroxylation is 2. The van der Waals surface area contributed by atoms with Crippen LogP contribution in [0.3, 0.4) is 0 Å². The zero-order chi connectivity index (χ0) is 21.2. The zero-order valence-electron chi connectivity index (χ0n) is 16.4. The van der Waals surface area contributed by atoms with E-state index in [0.717, 1.165) is 22.4 Å². The van der Waals surface area contributed by atoms with Gasteiger partial charge in [0.25, 0.3) is 0 Å². The number of hydrogen-bond donors (Lipinski definition) is 4. The van der Waals surface area contributed by atoms with Crippen LogP contribution in [0, 0.1) is 13.8 Å². The van der Waals surface area contributed by atoms with Crippen molar-refractivity contribution in [2.45, 2.75) is 33.1 Å². The Labute approximate surface area is 175 Å². The van der Waals surface area contributed by atoms with Gasteiger partial charge in [-0.15, -0.1) is 0 Å². The van der Waals surface area contributed by atoms with E-state index in [1.807, 2.05) is 62.4 Å². The average molecular weight is 413 g/mol. The van der Waals surface area contributed by atoms with E-state index in [2.05, 4.69) is 21.5 Å². The molecular weight excluding hydrogens is 388 g/mol. The fourth-order valence-corrected chi connectivity index (χ4v) is 2.65. The molecule has 0 aliphatic rings. The van der Waals surface area contributed by atoms with Crippen molar-refractivity contribution in [3.8, 4) is 0 Å². The first-order valence-electron chi connectivity index (χ1n) is 9.13. The lowest BCUT2D eigenvalue weighted by molar-refractivity contribution is -0.124. The van der Waals surface area contributed by atoms with Crippen molar-refractivity contribution in [3.05, 3.63) is 65.2 Å². The molecule has 0 bridgehead atoms. The van der Waals surface area contributed by atoms with E-state index in [4.69, 9.17) is 12.2 Å². The fraction of sp³-hybridized carbons (Fsp3) is 0.238. The monoisotopic (exact) mass is 412 g/mol. The van der Waals surface area contributed by atoms with Crippen LogP contribution in [0.5, 0.6) is 0 Å². The highest BCUT2D eigenvalue weighted by Gasteiger charge is 2.10. The predicted molar refractivity (Wildman–Crippen MR) is 116 cm³/mol. The molecule has 3 amide bonds. The zero-order valence-corrected chi connectivity index (χ0v) is 17.2. The van der Waals surface area contributed by atoms with Crippen LogP contribution in [0.25, 0.3) is 0 Å². The van der Waals surface area contributed by atoms with Crippen molar-refractivity contribution in [1.82, 2.24) is 16.2 Å². The molecule has 0 atom stereocenters. The van der Waals surface area contributed by atoms with Crippen LogP contribution in [-0.2, 0) is 20.8 Å². The Morgan fingerprint density at radius 3 is 2.28 bits per heavy atom. The van der Waals surface area contributed by atoms with Gasteiger partial charge in [-0.1, -0.05) is 42.5 Å². The van der Waals surface area contributed by atoms with Gasteiger partial charge in [-0.25, -0.2) is 0 Å². The number of carbonyl (C=O) groups excluding carboxylic acids is 3. The lowest BCUT2D eigenvalue weighted by Crippen LogP contribution is -2.48. The van der Waals surface area contributed by atoms with Gasteiger partial charge in [-0.05, 0) is 48.8 Å². The third kappa shape index (κ3) is 8.10. The molecule has 0 aliphatic heterocycles. The molecule has 2 aromatic rings. The molecule has 7 nitrogen and oxygen atoms in total. The van der Waals surface area contributed by atoms with E-state index in [0.29, 0.717) is 0 Å². The number of thiocarbonyl (C=S) groups is 1. The van der Waals surface area contributed by atoms with Crippen molar-refractivity contribution in [2.24, 2.45) is 0 Å². The van der Waals surface area contributed by atoms with Crippen molar-refractivity contribution >= 4 is 40.7 Å². The Morgan fingerprint density at radius 2 is 1.55 bits per heavy atom. The van der Waals surface area contributed by atoms with E-state index in [1.165, 1.54) is 0 Å². The molecule has 0 aliphatic carbocycles. The standard InChI is InChI=1S/C21H24N4O3S/c1-14-8-9-15(2)17(12-14)22-18(26)10-11-19(27)24-25-21(29)23-20(28)13-16-6-4-3-5-7-16/h3-9,12H,10-11,13H2,1-2H3,(H,22,26)(H,24,27)(H2,23,25,28,29). The van der Waals surface area contributed by atoms with Gasteiger partial charge in [0.2, 0.25) is 17.7 Å². The summed E-state index contributed by atoms with van der Waals surface area (Å²) in [5, 5.41) is 5.26. The highest BCUT2D eigenvalue weighted by Crippen LogP contribution is 2.16. The number of anilines is 1. The summed E-state index contributed by atoms with van der Waals surface area (Å²) in [7, 11) is 0. The Hall–Kier alpha value is -3.26. The second-order valence-electron chi connectivity index (χ2n) is 6.58. The van der Waals surface area contributed by atoms with Gasteiger partial charge in [0.15, 0.2) is 5.11 Å². The molecule has 0 saturated carbocycles. The van der Waals surface area contributed by atoms with Crippen molar-refractivity contribution in [1.29, 1.82) is 0 Å². The molecule has 0 spiro atoms. The molecule has 2 rings (SSSR count). The SMILES string of the molecule is Cc1ccc(C)c(NC(=O)CCC(=O)NNC(=S)NC(=O)Cc2ccccc2)c1. The van der Waals surface area contributed by atoms with E-state index in [1.54, 1.807) is 0 Å². The quantitative estimate of drug-likeness (QED) is 0.431. The Bertz CT molecular complexity index is 900. The first-order chi connectivity index (χ1) is 13.8. The fourth-order valence-electron chi connectivity index (χ4n) is 2.48. The molecule has 0 fully saturated rings. The van der Waals surface area contributed by atoms with E-state index in [9.17, 15) is 14.4 Å². The topological polar surface area (TPSA) is 99.3 Å². The summed E-state index contributed by atoms with van der Waals surface area (Å²) in [6.45, 7) is 3.84. The molecule has 2 aromatic carbocycles. The smallest absolute Gasteiger partial charge is 0.238 e. The molecule has 0 unspecified atom stereocenters. The summed E-state index contributed by atoms with van der Waals surface area (Å²) in [5.74, 6) is -0.968. The normalized spacial score (nSPS) is 10.0. The Morgan fingerprint density at radius 1 is 0.862 bits per heavy atom. The summed E-state index contributed by atoms with van der Waals surface area (Å²) in [4.78, 5) is 35.8. The third-order valence-electron chi connectivity index (χ3n) is 4.02. The number of amides is 3. The van der Waals surface area contributed by atoms with Crippen LogP contribution < -0.4 is 21.5 Å². The second kappa shape index (κ2) is 10.9. The van der Waals surface area contributed by atoms with E-state index in [-0.39, 0.29) is 36.2 Å². The number of hydrogen-bond acceptors (Lipinski definition) is 4. The highest BCUT2D eigenvalue weighted by atomic mass is 32.1. The number of nitrogens with one attached hydrogen (secondary N) is 4. The molecule has 8 heteroatoms. The van der Waals surface area contributed by atoms with E-state index < -0.39 is 5.91 Å². The van der Waals surface area contributed by atoms with Crippen LogP contribution >= 0.6 is 12.2 Å². The summed E-state index contributed by atoms with van der Waals surface area (Å²) in [5.41, 5.74) is 8.40. The third-order valence-corrected chi connectivity index (χ3v) is 4.23. The molecule has 0 heterocycles. The summed E-state index contributed by atoms with van der Waals surface area (Å²) in [6, 6.07) is 15.0. The number of hydrazine groups is 1. The minimum Gasteiger partial charge on any atom is -0.326 e. The van der Waals surface area contributed by atoms with Gasteiger partial charge in [0, 0.05) is 18.5 Å². The number of benzene rings is 2. The maximum Gasteiger partial charge on any atom is 0.238 e. The summed E-state index contributed by atoms with van der Waals surface area (Å²) < 4.78 is 0. The first kappa shape index (κ1) is 22.0. The molecule has 0 saturated heterocycles. The largest absolute Gasteiger partial charge is 0.326 e. The minimum absolute atomic E-state index is 0.0147. The average Bonchev–Trinajstić information content (AvgIpc) is 2.68. The lowest BCUT2D eigenvalue weighted by Gasteiger charge is -2.11. The first-order valence-corrected chi connectivity index (χ1v) is 9.54. The number of carbonyl (C=O) groups is 3. The second-order valence-corrected chi connectivity index (χ2v) is 6.99. The van der Waals surface area contributed by atoms with Gasteiger partial charge in [-0.2, -0.15) is 0 Å². The van der Waals surface area contributed by atoms with Crippen LogP contribution in [-0.4, -0.2) is 22.8 Å².